The van der Waals surface area contributed by atoms with Gasteiger partial charge in [0.15, 0.2) is 0 Å². The molecule has 1 fully saturated rings. The summed E-state index contributed by atoms with van der Waals surface area (Å²) in [5.41, 5.74) is 4.88. The van der Waals surface area contributed by atoms with Gasteiger partial charge in [0.1, 0.15) is 6.61 Å². The predicted octanol–water partition coefficient (Wildman–Crippen LogP) is -1.49. The molecule has 3 N–H and O–H groups in total. The average Bonchev–Trinajstić information content (AvgIpc) is 2.00. The first-order valence-electron chi connectivity index (χ1n) is 4.00. The van der Waals surface area contributed by atoms with Crippen LogP contribution in [0.1, 0.15) is 0 Å². The Labute approximate surface area is 76.0 Å². The summed E-state index contributed by atoms with van der Waals surface area (Å²) < 4.78 is 5.07. The smallest absolute Gasteiger partial charge is 0.317 e. The summed E-state index contributed by atoms with van der Waals surface area (Å²) in [6.45, 7) is 0.964. The maximum atomic E-state index is 10.9. The molecule has 3 amide bonds. The van der Waals surface area contributed by atoms with Crippen molar-refractivity contribution < 1.29 is 14.3 Å². The summed E-state index contributed by atoms with van der Waals surface area (Å²) in [5, 5.41) is 2.49. The van der Waals surface area contributed by atoms with Crippen molar-refractivity contribution in [3.63, 3.8) is 0 Å². The third-order valence-electron chi connectivity index (χ3n) is 1.81. The van der Waals surface area contributed by atoms with E-state index in [1.165, 1.54) is 0 Å². The Balaban J connectivity index is 2.11. The van der Waals surface area contributed by atoms with Crippen LogP contribution in [0.3, 0.4) is 0 Å². The molecule has 1 heterocycles. The summed E-state index contributed by atoms with van der Waals surface area (Å²) in [7, 11) is 1.57. The molecular formula is C7H13N3O3. The summed E-state index contributed by atoms with van der Waals surface area (Å²) in [6, 6.07) is -0.126. The Hall–Kier alpha value is -1.30. The van der Waals surface area contributed by atoms with Gasteiger partial charge in [-0.2, -0.15) is 0 Å². The van der Waals surface area contributed by atoms with Crippen molar-refractivity contribution in [1.29, 1.82) is 0 Å². The molecular weight excluding hydrogens is 174 g/mol. The Morgan fingerprint density at radius 1 is 1.62 bits per heavy atom. The molecule has 74 valence electrons. The molecule has 0 atom stereocenters. The number of hydrogen-bond acceptors (Lipinski definition) is 3. The minimum absolute atomic E-state index is 0.0511. The van der Waals surface area contributed by atoms with Crippen LogP contribution in [0.5, 0.6) is 0 Å². The van der Waals surface area contributed by atoms with Gasteiger partial charge in [-0.15, -0.1) is 0 Å². The normalized spacial score (nSPS) is 16.5. The van der Waals surface area contributed by atoms with Crippen molar-refractivity contribution in [3.05, 3.63) is 0 Å². The number of carbonyl (C=O) groups excluding carboxylic acids is 2. The summed E-state index contributed by atoms with van der Waals surface area (Å²) >= 11 is 0. The van der Waals surface area contributed by atoms with E-state index < -0.39 is 5.91 Å². The highest BCUT2D eigenvalue weighted by Crippen LogP contribution is 2.10. The highest BCUT2D eigenvalue weighted by molar-refractivity contribution is 5.75. The average molecular weight is 187 g/mol. The molecule has 1 saturated heterocycles. The first-order valence-corrected chi connectivity index (χ1v) is 4.00. The summed E-state index contributed by atoms with van der Waals surface area (Å²) in [5.74, 6) is -0.488. The highest BCUT2D eigenvalue weighted by Gasteiger charge is 2.30. The van der Waals surface area contributed by atoms with Crippen LogP contribution in [-0.2, 0) is 9.53 Å². The second-order valence-electron chi connectivity index (χ2n) is 2.86. The molecule has 0 aromatic carbocycles. The molecule has 0 aromatic rings. The second kappa shape index (κ2) is 4.08. The third kappa shape index (κ3) is 2.59. The number of nitrogens with one attached hydrogen (secondary N) is 1. The van der Waals surface area contributed by atoms with Gasteiger partial charge in [0.05, 0.1) is 19.2 Å². The number of hydrogen-bond donors (Lipinski definition) is 2. The Morgan fingerprint density at radius 3 is 2.69 bits per heavy atom. The fourth-order valence-electron chi connectivity index (χ4n) is 1.07. The lowest BCUT2D eigenvalue weighted by Crippen LogP contribution is -2.57. The molecule has 0 spiro atoms. The predicted molar refractivity (Wildman–Crippen MR) is 45.0 cm³/mol. The van der Waals surface area contributed by atoms with E-state index in [2.05, 4.69) is 5.32 Å². The lowest BCUT2D eigenvalue weighted by molar-refractivity contribution is -0.127. The largest absolute Gasteiger partial charge is 0.368 e. The number of rotatable bonds is 3. The number of amides is 3. The minimum atomic E-state index is -0.488. The fraction of sp³-hybridized carbons (Fsp3) is 0.714. The van der Waals surface area contributed by atoms with Gasteiger partial charge in [0, 0.05) is 7.05 Å². The van der Waals surface area contributed by atoms with E-state index in [1.54, 1.807) is 11.9 Å². The van der Waals surface area contributed by atoms with Crippen LogP contribution in [0, 0.1) is 0 Å². The van der Waals surface area contributed by atoms with Gasteiger partial charge in [0.2, 0.25) is 5.91 Å². The van der Waals surface area contributed by atoms with Crippen LogP contribution in [0.2, 0.25) is 0 Å². The van der Waals surface area contributed by atoms with Gasteiger partial charge < -0.3 is 20.7 Å². The van der Waals surface area contributed by atoms with Crippen LogP contribution in [0.15, 0.2) is 0 Å². The van der Waals surface area contributed by atoms with Gasteiger partial charge in [-0.1, -0.05) is 0 Å². The molecule has 0 aliphatic carbocycles. The van der Waals surface area contributed by atoms with Gasteiger partial charge >= 0.3 is 6.03 Å². The van der Waals surface area contributed by atoms with E-state index >= 15 is 0 Å². The van der Waals surface area contributed by atoms with Gasteiger partial charge in [-0.3, -0.25) is 4.79 Å². The summed E-state index contributed by atoms with van der Waals surface area (Å²) in [4.78, 5) is 22.9. The fourth-order valence-corrected chi connectivity index (χ4v) is 1.07. The van der Waals surface area contributed by atoms with E-state index in [9.17, 15) is 9.59 Å². The molecule has 1 aliphatic rings. The van der Waals surface area contributed by atoms with Gasteiger partial charge in [0.25, 0.3) is 0 Å². The quantitative estimate of drug-likeness (QED) is 0.564. The molecule has 13 heavy (non-hydrogen) atoms. The van der Waals surface area contributed by atoms with Gasteiger partial charge in [-0.05, 0) is 0 Å². The number of likely N-dealkylation sites (tertiary alicyclic amines) is 1. The molecule has 0 saturated carbocycles. The molecule has 0 radical (unpaired) electrons. The van der Waals surface area contributed by atoms with Crippen molar-refractivity contribution in [3.8, 4) is 0 Å². The molecule has 1 rings (SSSR count). The van der Waals surface area contributed by atoms with Gasteiger partial charge in [-0.25, -0.2) is 4.79 Å². The maximum absolute atomic E-state index is 10.9. The van der Waals surface area contributed by atoms with E-state index in [4.69, 9.17) is 10.5 Å². The molecule has 6 heteroatoms. The standard InChI is InChI=1S/C7H13N3O3/c1-9-7(12)10-2-5(3-10)13-4-6(8)11/h5H,2-4H2,1H3,(H2,8,11)(H,9,12). The van der Waals surface area contributed by atoms with Crippen LogP contribution in [-0.4, -0.2) is 49.7 Å². The minimum Gasteiger partial charge on any atom is -0.368 e. The Bertz CT molecular complexity index is 213. The van der Waals surface area contributed by atoms with E-state index in [1.807, 2.05) is 0 Å². The van der Waals surface area contributed by atoms with Crippen molar-refractivity contribution in [2.24, 2.45) is 5.73 Å². The van der Waals surface area contributed by atoms with E-state index in [0.717, 1.165) is 0 Å². The van der Waals surface area contributed by atoms with Crippen LogP contribution in [0.25, 0.3) is 0 Å². The Kier molecular flexibility index (Phi) is 3.07. The summed E-state index contributed by atoms with van der Waals surface area (Å²) in [6.07, 6.45) is -0.0511. The molecule has 1 aliphatic heterocycles. The monoisotopic (exact) mass is 187 g/mol. The maximum Gasteiger partial charge on any atom is 0.317 e. The van der Waals surface area contributed by atoms with E-state index in [-0.39, 0.29) is 18.7 Å². The highest BCUT2D eigenvalue weighted by atomic mass is 16.5. The van der Waals surface area contributed by atoms with E-state index in [0.29, 0.717) is 13.1 Å². The first kappa shape index (κ1) is 9.79. The van der Waals surface area contributed by atoms with Crippen LogP contribution >= 0.6 is 0 Å². The number of urea groups is 1. The number of nitrogens with zero attached hydrogens (tertiary/aromatic N) is 1. The molecule has 0 aromatic heterocycles. The van der Waals surface area contributed by atoms with Crippen molar-refractivity contribution >= 4 is 11.9 Å². The zero-order valence-electron chi connectivity index (χ0n) is 7.45. The lowest BCUT2D eigenvalue weighted by atomic mass is 10.2. The van der Waals surface area contributed by atoms with Crippen molar-refractivity contribution in [2.75, 3.05) is 26.7 Å². The number of carbonyl (C=O) groups is 2. The zero-order valence-corrected chi connectivity index (χ0v) is 7.45. The number of nitrogens with two attached hydrogens (primary N) is 1. The first-order chi connectivity index (χ1) is 6.13. The Morgan fingerprint density at radius 2 is 2.23 bits per heavy atom. The van der Waals surface area contributed by atoms with Crippen molar-refractivity contribution in [2.45, 2.75) is 6.10 Å². The SMILES string of the molecule is CNC(=O)N1CC(OCC(N)=O)C1. The van der Waals surface area contributed by atoms with Crippen molar-refractivity contribution in [1.82, 2.24) is 10.2 Å². The zero-order chi connectivity index (χ0) is 9.84. The van der Waals surface area contributed by atoms with Crippen LogP contribution < -0.4 is 11.1 Å². The number of ether oxygens (including phenoxy) is 1. The topological polar surface area (TPSA) is 84.7 Å². The lowest BCUT2D eigenvalue weighted by Gasteiger charge is -2.38. The van der Waals surface area contributed by atoms with Crippen LogP contribution in [0.4, 0.5) is 4.79 Å². The molecule has 0 bridgehead atoms. The molecule has 0 unspecified atom stereocenters. The second-order valence-corrected chi connectivity index (χ2v) is 2.86. The molecule has 6 nitrogen and oxygen atoms in total. The third-order valence-corrected chi connectivity index (χ3v) is 1.81. The number of primary amides is 1.